The molecule has 12 heteroatoms. The van der Waals surface area contributed by atoms with E-state index in [9.17, 15) is 19.4 Å². The first kappa shape index (κ1) is 20.5. The van der Waals surface area contributed by atoms with E-state index in [4.69, 9.17) is 14.8 Å². The number of H-pyrrole nitrogens is 1. The Morgan fingerprint density at radius 1 is 1.37 bits per heavy atom. The smallest absolute Gasteiger partial charge is 0.404 e. The van der Waals surface area contributed by atoms with Crippen LogP contribution in [0.5, 0.6) is 5.75 Å². The van der Waals surface area contributed by atoms with Crippen molar-refractivity contribution in [3.8, 4) is 5.75 Å². The molecule has 1 aromatic carbocycles. The van der Waals surface area contributed by atoms with Crippen LogP contribution >= 0.6 is 7.82 Å². The summed E-state index contributed by atoms with van der Waals surface area (Å²) in [7, 11) is -4.31. The van der Waals surface area contributed by atoms with Crippen molar-refractivity contribution in [3.05, 3.63) is 46.5 Å². The number of aliphatic hydroxyl groups is 1. The molecule has 4 unspecified atom stereocenters. The monoisotopic (exact) mass is 435 g/mol. The third-order valence-electron chi connectivity index (χ3n) is 5.36. The Morgan fingerprint density at radius 3 is 2.80 bits per heavy atom. The highest BCUT2D eigenvalue weighted by molar-refractivity contribution is 7.47. The second-order valence-corrected chi connectivity index (χ2v) is 8.73. The fourth-order valence-electron chi connectivity index (χ4n) is 3.69. The average Bonchev–Trinajstić information content (AvgIpc) is 3.06. The molecule has 5 N–H and O–H groups in total. The highest BCUT2D eigenvalue weighted by atomic mass is 31.2. The predicted octanol–water partition coefficient (Wildman–Crippen LogP) is 1.38. The number of aliphatic hydroxyl groups excluding tert-OH is 1. The number of benzene rings is 1. The van der Waals surface area contributed by atoms with Gasteiger partial charge in [-0.25, -0.2) is 9.55 Å². The summed E-state index contributed by atoms with van der Waals surface area (Å²) in [4.78, 5) is 32.5. The maximum absolute atomic E-state index is 12.2. The number of phosphoric ester groups is 1. The number of aromatic nitrogens is 4. The second-order valence-electron chi connectivity index (χ2n) is 7.35. The van der Waals surface area contributed by atoms with Crippen LogP contribution in [0.1, 0.15) is 18.0 Å². The molecule has 0 amide bonds. The van der Waals surface area contributed by atoms with Crippen LogP contribution in [0, 0.1) is 18.8 Å². The third-order valence-corrected chi connectivity index (χ3v) is 6.27. The molecule has 30 heavy (non-hydrogen) atoms. The minimum atomic E-state index is -4.31. The molecule has 1 fully saturated rings. The van der Waals surface area contributed by atoms with Crippen LogP contribution in [0.4, 0.5) is 5.95 Å². The standard InChI is InChI=1S/C18H22N5O6P/c1-10-2-4-12(5-3-10)29-30(26,27)28-8-11-6-14(13(11)7-24)23-9-20-15-16(23)21-18(19)22-17(15)25/h2-5,9,11,13-14,24H,6-8H2,1H3,(H,26,27)(H3,19,21,22,25). The molecule has 0 bridgehead atoms. The number of phosphoric acid groups is 1. The Hall–Kier alpha value is -2.72. The van der Waals surface area contributed by atoms with Gasteiger partial charge in [-0.15, -0.1) is 0 Å². The van der Waals surface area contributed by atoms with Crippen molar-refractivity contribution in [3.63, 3.8) is 0 Å². The third kappa shape index (κ3) is 3.97. The van der Waals surface area contributed by atoms with E-state index in [1.54, 1.807) is 28.8 Å². The van der Waals surface area contributed by atoms with Crippen molar-refractivity contribution >= 4 is 24.9 Å². The van der Waals surface area contributed by atoms with E-state index in [1.165, 1.54) is 6.33 Å². The van der Waals surface area contributed by atoms with Crippen LogP contribution in [-0.2, 0) is 9.09 Å². The van der Waals surface area contributed by atoms with Crippen LogP contribution in [0.3, 0.4) is 0 Å². The van der Waals surface area contributed by atoms with Gasteiger partial charge in [0.05, 0.1) is 12.9 Å². The van der Waals surface area contributed by atoms with E-state index in [0.29, 0.717) is 12.1 Å². The number of imidazole rings is 1. The Balaban J connectivity index is 1.42. The lowest BCUT2D eigenvalue weighted by Gasteiger charge is -2.44. The molecular weight excluding hydrogens is 413 g/mol. The van der Waals surface area contributed by atoms with Gasteiger partial charge >= 0.3 is 7.82 Å². The van der Waals surface area contributed by atoms with Gasteiger partial charge < -0.3 is 19.9 Å². The van der Waals surface area contributed by atoms with Gasteiger partial charge in [0.1, 0.15) is 5.75 Å². The lowest BCUT2D eigenvalue weighted by Crippen LogP contribution is -2.43. The zero-order valence-corrected chi connectivity index (χ0v) is 17.0. The average molecular weight is 435 g/mol. The molecule has 2 heterocycles. The van der Waals surface area contributed by atoms with Crippen molar-refractivity contribution in [2.75, 3.05) is 18.9 Å². The molecule has 1 aliphatic rings. The number of nitrogens with one attached hydrogen (secondary N) is 1. The molecule has 4 rings (SSSR count). The van der Waals surface area contributed by atoms with E-state index in [2.05, 4.69) is 15.0 Å². The first-order valence-corrected chi connectivity index (χ1v) is 10.8. The van der Waals surface area contributed by atoms with Crippen LogP contribution in [0.25, 0.3) is 11.2 Å². The summed E-state index contributed by atoms with van der Waals surface area (Å²) < 4.78 is 24.2. The zero-order valence-electron chi connectivity index (χ0n) is 16.1. The Kier molecular flexibility index (Phi) is 5.37. The van der Waals surface area contributed by atoms with Crippen molar-refractivity contribution in [1.82, 2.24) is 19.5 Å². The number of hydrogen-bond acceptors (Lipinski definition) is 8. The lowest BCUT2D eigenvalue weighted by atomic mass is 9.70. The summed E-state index contributed by atoms with van der Waals surface area (Å²) in [5.41, 5.74) is 6.67. The minimum absolute atomic E-state index is 0.0246. The number of aryl methyl sites for hydroxylation is 1. The number of nitrogens with zero attached hydrogens (tertiary/aromatic N) is 3. The number of aromatic amines is 1. The zero-order chi connectivity index (χ0) is 21.5. The highest BCUT2D eigenvalue weighted by Gasteiger charge is 2.44. The van der Waals surface area contributed by atoms with Gasteiger partial charge in [0.2, 0.25) is 5.95 Å². The quantitative estimate of drug-likeness (QED) is 0.401. The van der Waals surface area contributed by atoms with Gasteiger partial charge in [-0.2, -0.15) is 4.98 Å². The summed E-state index contributed by atoms with van der Waals surface area (Å²) in [5.74, 6) is -0.248. The summed E-state index contributed by atoms with van der Waals surface area (Å²) in [5, 5.41) is 9.83. The number of hydrogen-bond donors (Lipinski definition) is 4. The van der Waals surface area contributed by atoms with Crippen molar-refractivity contribution in [2.45, 2.75) is 19.4 Å². The first-order chi connectivity index (χ1) is 14.3. The molecule has 0 radical (unpaired) electrons. The van der Waals surface area contributed by atoms with Crippen LogP contribution in [-0.4, -0.2) is 42.7 Å². The molecule has 3 aromatic rings. The van der Waals surface area contributed by atoms with Crippen LogP contribution < -0.4 is 15.8 Å². The summed E-state index contributed by atoms with van der Waals surface area (Å²) >= 11 is 0. The van der Waals surface area contributed by atoms with Gasteiger partial charge in [0, 0.05) is 18.6 Å². The van der Waals surface area contributed by atoms with E-state index in [0.717, 1.165) is 5.56 Å². The Morgan fingerprint density at radius 2 is 2.10 bits per heavy atom. The fourth-order valence-corrected chi connectivity index (χ4v) is 4.52. The molecule has 0 spiro atoms. The molecule has 160 valence electrons. The minimum Gasteiger partial charge on any atom is -0.404 e. The number of rotatable bonds is 7. The summed E-state index contributed by atoms with van der Waals surface area (Å²) in [6.07, 6.45) is 2.02. The lowest BCUT2D eigenvalue weighted by molar-refractivity contribution is -0.00487. The normalized spacial score (nSPS) is 23.1. The van der Waals surface area contributed by atoms with Gasteiger partial charge in [-0.3, -0.25) is 19.2 Å². The number of fused-ring (bicyclic) bond motifs is 1. The number of nitrogens with two attached hydrogens (primary N) is 1. The summed E-state index contributed by atoms with van der Waals surface area (Å²) in [6, 6.07) is 6.49. The SMILES string of the molecule is Cc1ccc(OP(=O)(O)OCC2CC(n3cnc4c(=O)[nH]c(N)nc43)C2CO)cc1. The van der Waals surface area contributed by atoms with Gasteiger partial charge in [-0.1, -0.05) is 17.7 Å². The predicted molar refractivity (Wildman–Crippen MR) is 108 cm³/mol. The molecule has 1 saturated carbocycles. The maximum Gasteiger partial charge on any atom is 0.527 e. The van der Waals surface area contributed by atoms with Gasteiger partial charge in [0.15, 0.2) is 11.2 Å². The second kappa shape index (κ2) is 7.84. The number of anilines is 1. The molecule has 1 aliphatic carbocycles. The van der Waals surface area contributed by atoms with Crippen LogP contribution in [0.2, 0.25) is 0 Å². The largest absolute Gasteiger partial charge is 0.527 e. The van der Waals surface area contributed by atoms with Crippen molar-refractivity contribution in [2.24, 2.45) is 11.8 Å². The highest BCUT2D eigenvalue weighted by Crippen LogP contribution is 2.49. The van der Waals surface area contributed by atoms with Gasteiger partial charge in [0.25, 0.3) is 5.56 Å². The number of nitrogen functional groups attached to an aromatic ring is 1. The van der Waals surface area contributed by atoms with Crippen LogP contribution in [0.15, 0.2) is 35.4 Å². The fraction of sp³-hybridized carbons (Fsp3) is 0.389. The topological polar surface area (TPSA) is 166 Å². The Bertz CT molecular complexity index is 1160. The molecule has 4 atom stereocenters. The van der Waals surface area contributed by atoms with Gasteiger partial charge in [-0.05, 0) is 31.4 Å². The molecule has 0 saturated heterocycles. The molecule has 2 aromatic heterocycles. The summed E-state index contributed by atoms with van der Waals surface area (Å²) in [6.45, 7) is 1.65. The maximum atomic E-state index is 12.2. The molecular formula is C18H22N5O6P. The van der Waals surface area contributed by atoms with E-state index >= 15 is 0 Å². The molecule has 0 aliphatic heterocycles. The first-order valence-electron chi connectivity index (χ1n) is 9.34. The van der Waals surface area contributed by atoms with E-state index < -0.39 is 13.4 Å². The Labute approximate surface area is 171 Å². The van der Waals surface area contributed by atoms with E-state index in [1.807, 2.05) is 6.92 Å². The van der Waals surface area contributed by atoms with Crippen molar-refractivity contribution < 1.29 is 23.6 Å². The van der Waals surface area contributed by atoms with Crippen molar-refractivity contribution in [1.29, 1.82) is 0 Å². The molecule has 11 nitrogen and oxygen atoms in total. The van der Waals surface area contributed by atoms with E-state index in [-0.39, 0.29) is 48.3 Å².